The van der Waals surface area contributed by atoms with E-state index in [1.54, 1.807) is 0 Å². The first kappa shape index (κ1) is 16.5. The van der Waals surface area contributed by atoms with Crippen molar-refractivity contribution in [2.24, 2.45) is 17.8 Å². The molecule has 0 aliphatic rings. The lowest BCUT2D eigenvalue weighted by Crippen LogP contribution is -2.00. The van der Waals surface area contributed by atoms with Crippen molar-refractivity contribution in [2.45, 2.75) is 72.6 Å². The van der Waals surface area contributed by atoms with Crippen molar-refractivity contribution in [1.29, 1.82) is 0 Å². The van der Waals surface area contributed by atoms with Gasteiger partial charge in [0.15, 0.2) is 0 Å². The molecular weight excluding hydrogens is 260 g/mol. The van der Waals surface area contributed by atoms with E-state index in [2.05, 4.69) is 43.6 Å². The lowest BCUT2D eigenvalue weighted by molar-refractivity contribution is 0.398. The fourth-order valence-corrected chi connectivity index (χ4v) is 2.38. The van der Waals surface area contributed by atoms with Gasteiger partial charge in [0.2, 0.25) is 0 Å². The summed E-state index contributed by atoms with van der Waals surface area (Å²) < 4.78 is 0. The van der Waals surface area contributed by atoms with E-state index in [4.69, 9.17) is 0 Å². The van der Waals surface area contributed by atoms with Crippen molar-refractivity contribution in [3.05, 3.63) is 0 Å². The highest BCUT2D eigenvalue weighted by Crippen LogP contribution is 2.20. The average molecular weight is 291 g/mol. The van der Waals surface area contributed by atoms with Gasteiger partial charge in [-0.2, -0.15) is 0 Å². The van der Waals surface area contributed by atoms with E-state index in [-0.39, 0.29) is 0 Å². The van der Waals surface area contributed by atoms with Crippen molar-refractivity contribution in [2.75, 3.05) is 5.33 Å². The topological polar surface area (TPSA) is 0 Å². The molecule has 0 aromatic heterocycles. The van der Waals surface area contributed by atoms with E-state index in [1.165, 1.54) is 44.9 Å². The Morgan fingerprint density at radius 2 is 1.19 bits per heavy atom. The highest BCUT2D eigenvalue weighted by Gasteiger charge is 2.06. The van der Waals surface area contributed by atoms with E-state index < -0.39 is 0 Å². The summed E-state index contributed by atoms with van der Waals surface area (Å²) in [6.07, 6.45) is 9.88. The Labute approximate surface area is 112 Å². The predicted octanol–water partition coefficient (Wildman–Crippen LogP) is 6.04. The zero-order valence-electron chi connectivity index (χ0n) is 11.8. The maximum absolute atomic E-state index is 3.55. The Morgan fingerprint density at radius 3 is 1.62 bits per heavy atom. The van der Waals surface area contributed by atoms with Crippen LogP contribution in [0, 0.1) is 17.8 Å². The summed E-state index contributed by atoms with van der Waals surface area (Å²) in [5, 5.41) is 1.16. The normalized spacial score (nSPS) is 17.1. The predicted molar refractivity (Wildman–Crippen MR) is 79.3 cm³/mol. The van der Waals surface area contributed by atoms with Crippen molar-refractivity contribution in [3.8, 4) is 0 Å². The summed E-state index contributed by atoms with van der Waals surface area (Å²) in [6.45, 7) is 9.44. The van der Waals surface area contributed by atoms with Crippen LogP contribution in [-0.2, 0) is 0 Å². The Bertz CT molecular complexity index is 128. The molecule has 0 spiro atoms. The van der Waals surface area contributed by atoms with Crippen LogP contribution in [0.15, 0.2) is 0 Å². The second-order valence-corrected chi connectivity index (χ2v) is 6.39. The summed E-state index contributed by atoms with van der Waals surface area (Å²) in [6, 6.07) is 0. The van der Waals surface area contributed by atoms with Gasteiger partial charge in [-0.1, -0.05) is 82.1 Å². The molecule has 0 rings (SSSR count). The summed E-state index contributed by atoms with van der Waals surface area (Å²) >= 11 is 3.55. The molecule has 0 aliphatic heterocycles. The van der Waals surface area contributed by atoms with Gasteiger partial charge in [0.1, 0.15) is 0 Å². The summed E-state index contributed by atoms with van der Waals surface area (Å²) in [5.41, 5.74) is 0. The van der Waals surface area contributed by atoms with Gasteiger partial charge in [-0.05, 0) is 24.2 Å². The summed E-state index contributed by atoms with van der Waals surface area (Å²) in [5.74, 6) is 2.72. The highest BCUT2D eigenvalue weighted by molar-refractivity contribution is 9.09. The lowest BCUT2D eigenvalue weighted by Gasteiger charge is -2.14. The third-order valence-corrected chi connectivity index (χ3v) is 4.85. The van der Waals surface area contributed by atoms with Gasteiger partial charge in [-0.3, -0.25) is 0 Å². The van der Waals surface area contributed by atoms with E-state index in [0.717, 1.165) is 23.1 Å². The van der Waals surface area contributed by atoms with Gasteiger partial charge in [-0.15, -0.1) is 0 Å². The number of alkyl halides is 1. The molecule has 0 fully saturated rings. The Morgan fingerprint density at radius 1 is 0.750 bits per heavy atom. The number of hydrogen-bond donors (Lipinski definition) is 0. The van der Waals surface area contributed by atoms with Gasteiger partial charge < -0.3 is 0 Å². The van der Waals surface area contributed by atoms with Crippen LogP contribution in [0.25, 0.3) is 0 Å². The van der Waals surface area contributed by atoms with E-state index in [0.29, 0.717) is 0 Å². The number of hydrogen-bond acceptors (Lipinski definition) is 0. The molecule has 98 valence electrons. The van der Waals surface area contributed by atoms with E-state index >= 15 is 0 Å². The van der Waals surface area contributed by atoms with Crippen LogP contribution in [0.5, 0.6) is 0 Å². The van der Waals surface area contributed by atoms with Crippen molar-refractivity contribution >= 4 is 15.9 Å². The molecule has 0 N–H and O–H groups in total. The number of rotatable bonds is 10. The molecule has 0 nitrogen and oxygen atoms in total. The minimum absolute atomic E-state index is 0.854. The highest BCUT2D eigenvalue weighted by atomic mass is 79.9. The first-order chi connectivity index (χ1) is 7.60. The van der Waals surface area contributed by atoms with E-state index in [1.807, 2.05) is 0 Å². The van der Waals surface area contributed by atoms with Crippen molar-refractivity contribution in [1.82, 2.24) is 0 Å². The fraction of sp³-hybridized carbons (Fsp3) is 1.00. The minimum Gasteiger partial charge on any atom is -0.0925 e. The third kappa shape index (κ3) is 9.69. The van der Waals surface area contributed by atoms with Crippen LogP contribution in [0.2, 0.25) is 0 Å². The van der Waals surface area contributed by atoms with Gasteiger partial charge in [0.25, 0.3) is 0 Å². The molecule has 0 aromatic rings. The Kier molecular flexibility index (Phi) is 10.9. The zero-order valence-corrected chi connectivity index (χ0v) is 13.4. The maximum atomic E-state index is 3.55. The van der Waals surface area contributed by atoms with Crippen LogP contribution < -0.4 is 0 Å². The molecule has 0 amide bonds. The summed E-state index contributed by atoms with van der Waals surface area (Å²) in [4.78, 5) is 0. The van der Waals surface area contributed by atoms with E-state index in [9.17, 15) is 0 Å². The molecule has 0 aromatic carbocycles. The van der Waals surface area contributed by atoms with Crippen LogP contribution in [0.3, 0.4) is 0 Å². The SMILES string of the molecule is CCC(C)CCCC(C)CCCC(C)CBr. The quantitative estimate of drug-likeness (QED) is 0.430. The first-order valence-corrected chi connectivity index (χ1v) is 8.28. The van der Waals surface area contributed by atoms with Gasteiger partial charge in [0, 0.05) is 5.33 Å². The molecule has 3 unspecified atom stereocenters. The van der Waals surface area contributed by atoms with Gasteiger partial charge in [-0.25, -0.2) is 0 Å². The molecule has 0 saturated heterocycles. The third-order valence-electron chi connectivity index (χ3n) is 3.75. The monoisotopic (exact) mass is 290 g/mol. The molecular formula is C15H31Br. The van der Waals surface area contributed by atoms with Gasteiger partial charge in [0.05, 0.1) is 0 Å². The standard InChI is InChI=1S/C15H31Br/c1-5-13(2)8-6-9-14(3)10-7-11-15(4)12-16/h13-15H,5-12H2,1-4H3. The van der Waals surface area contributed by atoms with Crippen molar-refractivity contribution in [3.63, 3.8) is 0 Å². The molecule has 0 aliphatic carbocycles. The Hall–Kier alpha value is 0.480. The van der Waals surface area contributed by atoms with Crippen LogP contribution in [0.1, 0.15) is 72.6 Å². The molecule has 0 saturated carbocycles. The first-order valence-electron chi connectivity index (χ1n) is 7.16. The largest absolute Gasteiger partial charge is 0.0925 e. The van der Waals surface area contributed by atoms with Crippen LogP contribution >= 0.6 is 15.9 Å². The lowest BCUT2D eigenvalue weighted by atomic mass is 9.93. The minimum atomic E-state index is 0.854. The molecule has 1 heteroatoms. The fourth-order valence-electron chi connectivity index (χ4n) is 2.06. The molecule has 0 bridgehead atoms. The van der Waals surface area contributed by atoms with Crippen molar-refractivity contribution < 1.29 is 0 Å². The molecule has 0 radical (unpaired) electrons. The number of halogens is 1. The van der Waals surface area contributed by atoms with Crippen LogP contribution in [0.4, 0.5) is 0 Å². The molecule has 0 heterocycles. The molecule has 16 heavy (non-hydrogen) atoms. The Balaban J connectivity index is 3.34. The van der Waals surface area contributed by atoms with Crippen LogP contribution in [-0.4, -0.2) is 5.33 Å². The van der Waals surface area contributed by atoms with Gasteiger partial charge >= 0.3 is 0 Å². The zero-order chi connectivity index (χ0) is 12.4. The second-order valence-electron chi connectivity index (χ2n) is 5.74. The smallest absolute Gasteiger partial charge is 0.00570 e. The summed E-state index contributed by atoms with van der Waals surface area (Å²) in [7, 11) is 0. The molecule has 3 atom stereocenters. The maximum Gasteiger partial charge on any atom is 0.00570 e. The average Bonchev–Trinajstić information content (AvgIpc) is 2.28. The second kappa shape index (κ2) is 10.6.